The molecule has 0 atom stereocenters. The second-order valence-electron chi connectivity index (χ2n) is 9.39. The van der Waals surface area contributed by atoms with E-state index in [4.69, 9.17) is 0 Å². The predicted molar refractivity (Wildman–Crippen MR) is 140 cm³/mol. The molecule has 0 unspecified atom stereocenters. The molecule has 0 bridgehead atoms. The van der Waals surface area contributed by atoms with Gasteiger partial charge >= 0.3 is 0 Å². The molecule has 8 heteroatoms. The van der Waals surface area contributed by atoms with Gasteiger partial charge < -0.3 is 4.98 Å². The van der Waals surface area contributed by atoms with Crippen molar-refractivity contribution in [3.63, 3.8) is 0 Å². The normalized spacial score (nSPS) is 16.5. The van der Waals surface area contributed by atoms with Gasteiger partial charge in [-0.3, -0.25) is 24.0 Å². The summed E-state index contributed by atoms with van der Waals surface area (Å²) in [5.74, 6) is -3.70. The van der Waals surface area contributed by atoms with E-state index in [0.29, 0.717) is 16.6 Å². The van der Waals surface area contributed by atoms with Crippen LogP contribution in [0.15, 0.2) is 83.7 Å². The van der Waals surface area contributed by atoms with Gasteiger partial charge in [-0.25, -0.2) is 9.88 Å². The molecule has 2 amide bonds. The van der Waals surface area contributed by atoms with Gasteiger partial charge in [-0.15, -0.1) is 0 Å². The van der Waals surface area contributed by atoms with Gasteiger partial charge in [-0.2, -0.15) is 0 Å². The number of benzene rings is 3. The lowest BCUT2D eigenvalue weighted by Gasteiger charge is -2.14. The number of rotatable bonds is 3. The zero-order valence-electron chi connectivity index (χ0n) is 19.7. The number of imide groups is 1. The van der Waals surface area contributed by atoms with Gasteiger partial charge in [0.1, 0.15) is 11.7 Å². The number of hydrogen-bond donors (Lipinski definition) is 1. The second kappa shape index (κ2) is 7.88. The minimum absolute atomic E-state index is 0.0357. The Hall–Kier alpha value is -5.24. The number of hydrogen-bond acceptors (Lipinski definition) is 6. The summed E-state index contributed by atoms with van der Waals surface area (Å²) in [6.45, 7) is 0. The van der Waals surface area contributed by atoms with Crippen LogP contribution in [0.5, 0.6) is 0 Å². The van der Waals surface area contributed by atoms with E-state index in [1.54, 1.807) is 36.4 Å². The number of carbonyl (C=O) groups excluding carboxylic acids is 4. The third-order valence-electron chi connectivity index (χ3n) is 7.25. The number of anilines is 1. The fraction of sp³-hybridized carbons (Fsp3) is 0.0667. The van der Waals surface area contributed by atoms with E-state index in [-0.39, 0.29) is 28.1 Å². The minimum atomic E-state index is -1.35. The first kappa shape index (κ1) is 22.0. The van der Waals surface area contributed by atoms with Crippen molar-refractivity contribution in [3.8, 4) is 0 Å². The molecular formula is C30H17N3O5. The van der Waals surface area contributed by atoms with Crippen LogP contribution in [0.1, 0.15) is 65.2 Å². The zero-order valence-corrected chi connectivity index (χ0v) is 19.7. The van der Waals surface area contributed by atoms with Crippen LogP contribution < -0.4 is 10.5 Å². The Bertz CT molecular complexity index is 1840. The topological polar surface area (TPSA) is 117 Å². The molecule has 1 aromatic heterocycles. The molecule has 3 aromatic carbocycles. The van der Waals surface area contributed by atoms with Crippen LogP contribution in [0.2, 0.25) is 0 Å². The van der Waals surface area contributed by atoms with Crippen molar-refractivity contribution in [2.24, 2.45) is 0 Å². The first-order valence-corrected chi connectivity index (χ1v) is 12.0. The van der Waals surface area contributed by atoms with Crippen molar-refractivity contribution in [2.45, 2.75) is 12.3 Å². The molecule has 1 aliphatic heterocycles. The number of amides is 2. The Morgan fingerprint density at radius 2 is 1.45 bits per heavy atom. The highest BCUT2D eigenvalue weighted by atomic mass is 16.2. The molecule has 1 N–H and O–H groups in total. The van der Waals surface area contributed by atoms with E-state index >= 15 is 0 Å². The number of para-hydroxylation sites is 1. The quantitative estimate of drug-likeness (QED) is 0.333. The van der Waals surface area contributed by atoms with E-state index in [1.807, 2.05) is 30.4 Å². The number of fused-ring (bicyclic) bond motifs is 3. The zero-order chi connectivity index (χ0) is 26.1. The second-order valence-corrected chi connectivity index (χ2v) is 9.39. The minimum Gasteiger partial charge on any atom is -0.309 e. The SMILES string of the molecule is O=C1c2cc3c(cc2C(=O)C1c1nc2ccccc2c(=O)[nH]1)C(=O)N(c1ccc(C2=CC=CC2)cc1)C3=O. The van der Waals surface area contributed by atoms with Gasteiger partial charge in [0.25, 0.3) is 17.4 Å². The fourth-order valence-electron chi connectivity index (χ4n) is 5.33. The summed E-state index contributed by atoms with van der Waals surface area (Å²) in [6.07, 6.45) is 6.87. The first-order valence-electron chi connectivity index (χ1n) is 12.0. The van der Waals surface area contributed by atoms with Crippen LogP contribution in [-0.4, -0.2) is 33.3 Å². The number of aromatic nitrogens is 2. The van der Waals surface area contributed by atoms with Crippen LogP contribution in [0, 0.1) is 0 Å². The monoisotopic (exact) mass is 499 g/mol. The Labute approximate surface area is 214 Å². The van der Waals surface area contributed by atoms with Crippen molar-refractivity contribution in [3.05, 3.63) is 123 Å². The van der Waals surface area contributed by atoms with Crippen LogP contribution in [0.4, 0.5) is 5.69 Å². The van der Waals surface area contributed by atoms with Gasteiger partial charge in [-0.1, -0.05) is 42.5 Å². The van der Waals surface area contributed by atoms with E-state index in [0.717, 1.165) is 22.5 Å². The maximum absolute atomic E-state index is 13.4. The molecule has 38 heavy (non-hydrogen) atoms. The smallest absolute Gasteiger partial charge is 0.266 e. The average molecular weight is 499 g/mol. The summed E-state index contributed by atoms with van der Waals surface area (Å²) in [7, 11) is 0. The Morgan fingerprint density at radius 1 is 0.789 bits per heavy atom. The summed E-state index contributed by atoms with van der Waals surface area (Å²) < 4.78 is 0. The number of allylic oxidation sites excluding steroid dienone is 4. The molecular weight excluding hydrogens is 482 g/mol. The highest BCUT2D eigenvalue weighted by Gasteiger charge is 2.45. The lowest BCUT2D eigenvalue weighted by molar-refractivity contribution is 0.0882. The van der Waals surface area contributed by atoms with Crippen molar-refractivity contribution in [1.29, 1.82) is 0 Å². The highest BCUT2D eigenvalue weighted by Crippen LogP contribution is 2.38. The molecule has 2 aliphatic carbocycles. The summed E-state index contributed by atoms with van der Waals surface area (Å²) >= 11 is 0. The summed E-state index contributed by atoms with van der Waals surface area (Å²) in [4.78, 5) is 73.8. The molecule has 8 nitrogen and oxygen atoms in total. The van der Waals surface area contributed by atoms with E-state index < -0.39 is 34.9 Å². The lowest BCUT2D eigenvalue weighted by atomic mass is 10.0. The van der Waals surface area contributed by atoms with Crippen LogP contribution >= 0.6 is 0 Å². The van der Waals surface area contributed by atoms with Gasteiger partial charge in [0.15, 0.2) is 11.6 Å². The molecule has 2 heterocycles. The maximum atomic E-state index is 13.4. The average Bonchev–Trinajstić information content (AvgIpc) is 3.61. The number of nitrogens with zero attached hydrogens (tertiary/aromatic N) is 2. The van der Waals surface area contributed by atoms with Gasteiger partial charge in [0, 0.05) is 11.1 Å². The largest absolute Gasteiger partial charge is 0.309 e. The third kappa shape index (κ3) is 3.03. The molecule has 3 aliphatic rings. The highest BCUT2D eigenvalue weighted by molar-refractivity contribution is 6.37. The Morgan fingerprint density at radius 3 is 2.08 bits per heavy atom. The maximum Gasteiger partial charge on any atom is 0.266 e. The summed E-state index contributed by atoms with van der Waals surface area (Å²) in [5.41, 5.74) is 2.63. The van der Waals surface area contributed by atoms with E-state index in [1.165, 1.54) is 12.1 Å². The van der Waals surface area contributed by atoms with E-state index in [9.17, 15) is 24.0 Å². The molecule has 182 valence electrons. The fourth-order valence-corrected chi connectivity index (χ4v) is 5.33. The van der Waals surface area contributed by atoms with Gasteiger partial charge in [0.2, 0.25) is 0 Å². The number of Topliss-reactive ketones (excluding diaryl/α,β-unsaturated/α-hetero) is 2. The summed E-state index contributed by atoms with van der Waals surface area (Å²) in [5, 5.41) is 0.339. The van der Waals surface area contributed by atoms with Gasteiger partial charge in [0.05, 0.1) is 27.7 Å². The predicted octanol–water partition coefficient (Wildman–Crippen LogP) is 4.23. The third-order valence-corrected chi connectivity index (χ3v) is 7.25. The molecule has 7 rings (SSSR count). The number of ketones is 2. The van der Waals surface area contributed by atoms with Crippen molar-refractivity contribution in [2.75, 3.05) is 4.90 Å². The van der Waals surface area contributed by atoms with Crippen molar-refractivity contribution in [1.82, 2.24) is 9.97 Å². The Balaban J connectivity index is 1.24. The number of aromatic amines is 1. The van der Waals surface area contributed by atoms with Gasteiger partial charge in [-0.05, 0) is 54.0 Å². The lowest BCUT2D eigenvalue weighted by Crippen LogP contribution is -2.29. The molecule has 4 aromatic rings. The molecule has 0 fully saturated rings. The van der Waals surface area contributed by atoms with Crippen molar-refractivity contribution >= 4 is 45.5 Å². The summed E-state index contributed by atoms with van der Waals surface area (Å²) in [6, 6.07) is 16.4. The van der Waals surface area contributed by atoms with Crippen LogP contribution in [-0.2, 0) is 0 Å². The standard InChI is InChI=1S/C30H17N3O5/c34-25-19-13-21-22(30(38)33(29(21)37)17-11-9-16(10-12-17)15-5-1-2-6-15)14-20(19)26(35)24(25)27-31-23-8-4-3-7-18(23)28(36)32-27/h1-5,7-14,24H,6H2,(H,31,32,36). The number of nitrogens with one attached hydrogen (secondary N) is 1. The van der Waals surface area contributed by atoms with E-state index in [2.05, 4.69) is 9.97 Å². The Kier molecular flexibility index (Phi) is 4.56. The molecule has 0 radical (unpaired) electrons. The molecule has 0 saturated heterocycles. The number of H-pyrrole nitrogens is 1. The number of carbonyl (C=O) groups is 4. The molecule has 0 saturated carbocycles. The van der Waals surface area contributed by atoms with Crippen molar-refractivity contribution < 1.29 is 19.2 Å². The van der Waals surface area contributed by atoms with Crippen LogP contribution in [0.3, 0.4) is 0 Å². The van der Waals surface area contributed by atoms with Crippen LogP contribution in [0.25, 0.3) is 16.5 Å². The molecule has 0 spiro atoms. The first-order chi connectivity index (χ1) is 18.4.